The maximum absolute atomic E-state index is 12.0. The summed E-state index contributed by atoms with van der Waals surface area (Å²) in [6.07, 6.45) is 1.70. The van der Waals surface area contributed by atoms with E-state index >= 15 is 0 Å². The van der Waals surface area contributed by atoms with E-state index in [1.165, 1.54) is 0 Å². The van der Waals surface area contributed by atoms with Crippen LogP contribution < -0.4 is 5.32 Å². The van der Waals surface area contributed by atoms with Crippen LogP contribution in [0.1, 0.15) is 18.4 Å². The second-order valence-electron chi connectivity index (χ2n) is 4.98. The van der Waals surface area contributed by atoms with Gasteiger partial charge in [0.15, 0.2) is 0 Å². The van der Waals surface area contributed by atoms with E-state index in [0.29, 0.717) is 18.9 Å². The average Bonchev–Trinajstić information content (AvgIpc) is 2.81. The fourth-order valence-corrected chi connectivity index (χ4v) is 2.31. The van der Waals surface area contributed by atoms with Gasteiger partial charge in [0.1, 0.15) is 5.75 Å². The first-order valence-electron chi connectivity index (χ1n) is 6.38. The third-order valence-corrected chi connectivity index (χ3v) is 3.38. The van der Waals surface area contributed by atoms with Gasteiger partial charge in [-0.25, -0.2) is 0 Å². The smallest absolute Gasteiger partial charge is 0.222 e. The Kier molecular flexibility index (Phi) is 4.20. The van der Waals surface area contributed by atoms with Crippen molar-refractivity contribution >= 4 is 5.91 Å². The second kappa shape index (κ2) is 5.87. The lowest BCUT2D eigenvalue weighted by Crippen LogP contribution is -2.28. The summed E-state index contributed by atoms with van der Waals surface area (Å²) < 4.78 is 0. The highest BCUT2D eigenvalue weighted by molar-refractivity contribution is 5.76. The number of amides is 1. The van der Waals surface area contributed by atoms with Crippen molar-refractivity contribution in [3.05, 3.63) is 29.8 Å². The van der Waals surface area contributed by atoms with Gasteiger partial charge in [0, 0.05) is 20.0 Å². The number of nitrogens with zero attached hydrogens (tertiary/aromatic N) is 1. The van der Waals surface area contributed by atoms with Crippen molar-refractivity contribution in [1.29, 1.82) is 0 Å². The van der Waals surface area contributed by atoms with Gasteiger partial charge in [-0.05, 0) is 43.1 Å². The quantitative estimate of drug-likeness (QED) is 0.845. The summed E-state index contributed by atoms with van der Waals surface area (Å²) in [5.41, 5.74) is 0.954. The largest absolute Gasteiger partial charge is 0.508 e. The van der Waals surface area contributed by atoms with Crippen LogP contribution in [0.5, 0.6) is 5.75 Å². The molecule has 1 aromatic rings. The van der Waals surface area contributed by atoms with E-state index in [4.69, 9.17) is 0 Å². The Morgan fingerprint density at radius 1 is 1.56 bits per heavy atom. The second-order valence-corrected chi connectivity index (χ2v) is 4.98. The molecular weight excluding hydrogens is 228 g/mol. The molecule has 2 N–H and O–H groups in total. The Bertz CT molecular complexity index is 414. The van der Waals surface area contributed by atoms with Gasteiger partial charge in [0.05, 0.1) is 0 Å². The molecule has 0 spiro atoms. The van der Waals surface area contributed by atoms with E-state index in [0.717, 1.165) is 25.1 Å². The van der Waals surface area contributed by atoms with Crippen LogP contribution in [0.4, 0.5) is 0 Å². The average molecular weight is 248 g/mol. The zero-order valence-corrected chi connectivity index (χ0v) is 10.7. The van der Waals surface area contributed by atoms with Crippen molar-refractivity contribution < 1.29 is 9.90 Å². The molecule has 0 bridgehead atoms. The minimum absolute atomic E-state index is 0.173. The third-order valence-electron chi connectivity index (χ3n) is 3.38. The lowest BCUT2D eigenvalue weighted by molar-refractivity contribution is -0.131. The first-order chi connectivity index (χ1) is 8.65. The van der Waals surface area contributed by atoms with E-state index in [1.54, 1.807) is 23.1 Å². The fourth-order valence-electron chi connectivity index (χ4n) is 2.31. The molecule has 1 heterocycles. The zero-order valence-electron chi connectivity index (χ0n) is 10.7. The molecular formula is C14H20N2O2. The summed E-state index contributed by atoms with van der Waals surface area (Å²) >= 11 is 0. The molecule has 98 valence electrons. The first kappa shape index (κ1) is 12.9. The summed E-state index contributed by atoms with van der Waals surface area (Å²) in [5.74, 6) is 0.893. The number of hydrogen-bond donors (Lipinski definition) is 2. The fraction of sp³-hybridized carbons (Fsp3) is 0.500. The molecule has 0 saturated carbocycles. The molecule has 1 aliphatic heterocycles. The lowest BCUT2D eigenvalue weighted by atomic mass is 10.0. The predicted molar refractivity (Wildman–Crippen MR) is 70.2 cm³/mol. The van der Waals surface area contributed by atoms with E-state index in [2.05, 4.69) is 5.32 Å². The van der Waals surface area contributed by atoms with Crippen molar-refractivity contribution in [2.75, 3.05) is 20.1 Å². The highest BCUT2D eigenvalue weighted by Gasteiger charge is 2.20. The number of carbonyl (C=O) groups excluding carboxylic acids is 1. The van der Waals surface area contributed by atoms with Crippen LogP contribution in [0, 0.1) is 5.92 Å². The molecule has 1 unspecified atom stereocenters. The Morgan fingerprint density at radius 2 is 2.39 bits per heavy atom. The van der Waals surface area contributed by atoms with Crippen molar-refractivity contribution in [2.45, 2.75) is 19.4 Å². The van der Waals surface area contributed by atoms with Gasteiger partial charge in [-0.3, -0.25) is 4.79 Å². The van der Waals surface area contributed by atoms with Gasteiger partial charge >= 0.3 is 0 Å². The molecule has 1 fully saturated rings. The number of carbonyl (C=O) groups is 1. The van der Waals surface area contributed by atoms with E-state index in [-0.39, 0.29) is 11.7 Å². The lowest BCUT2D eigenvalue weighted by Gasteiger charge is -2.19. The van der Waals surface area contributed by atoms with Crippen molar-refractivity contribution in [3.63, 3.8) is 0 Å². The van der Waals surface area contributed by atoms with Crippen LogP contribution >= 0.6 is 0 Å². The Labute approximate surface area is 108 Å². The minimum atomic E-state index is 0.173. The summed E-state index contributed by atoms with van der Waals surface area (Å²) in [4.78, 5) is 13.8. The normalized spacial score (nSPS) is 18.8. The van der Waals surface area contributed by atoms with Crippen LogP contribution in [0.3, 0.4) is 0 Å². The molecule has 1 aliphatic rings. The number of phenolic OH excluding ortho intramolecular Hbond substituents is 1. The number of aromatic hydroxyl groups is 1. The third kappa shape index (κ3) is 3.47. The Balaban J connectivity index is 1.86. The summed E-state index contributed by atoms with van der Waals surface area (Å²) in [7, 11) is 1.81. The van der Waals surface area contributed by atoms with Crippen LogP contribution in [-0.2, 0) is 11.3 Å². The Hall–Kier alpha value is -1.55. The maximum Gasteiger partial charge on any atom is 0.222 e. The molecule has 18 heavy (non-hydrogen) atoms. The van der Waals surface area contributed by atoms with Crippen LogP contribution in [-0.4, -0.2) is 36.1 Å². The number of phenols is 1. The summed E-state index contributed by atoms with van der Waals surface area (Å²) in [5, 5.41) is 12.7. The number of nitrogens with one attached hydrogen (secondary N) is 1. The zero-order chi connectivity index (χ0) is 13.0. The molecule has 0 radical (unpaired) electrons. The number of hydrogen-bond acceptors (Lipinski definition) is 3. The topological polar surface area (TPSA) is 52.6 Å². The monoisotopic (exact) mass is 248 g/mol. The Morgan fingerprint density at radius 3 is 3.06 bits per heavy atom. The predicted octanol–water partition coefficient (Wildman–Crippen LogP) is 1.35. The highest BCUT2D eigenvalue weighted by atomic mass is 16.3. The van der Waals surface area contributed by atoms with Gasteiger partial charge in [-0.2, -0.15) is 0 Å². The van der Waals surface area contributed by atoms with Crippen molar-refractivity contribution in [2.24, 2.45) is 5.92 Å². The van der Waals surface area contributed by atoms with Gasteiger partial charge in [0.2, 0.25) is 5.91 Å². The van der Waals surface area contributed by atoms with E-state index in [1.807, 2.05) is 13.1 Å². The van der Waals surface area contributed by atoms with E-state index in [9.17, 15) is 9.90 Å². The first-order valence-corrected chi connectivity index (χ1v) is 6.38. The minimum Gasteiger partial charge on any atom is -0.508 e. The molecule has 1 saturated heterocycles. The number of benzene rings is 1. The molecule has 2 rings (SSSR count). The standard InChI is InChI=1S/C14H20N2O2/c1-16(10-12-3-2-4-13(17)7-12)14(18)8-11-5-6-15-9-11/h2-4,7,11,15,17H,5-6,8-10H2,1H3. The maximum atomic E-state index is 12.0. The van der Waals surface area contributed by atoms with Crippen LogP contribution in [0.15, 0.2) is 24.3 Å². The molecule has 1 aromatic carbocycles. The molecule has 0 aromatic heterocycles. The highest BCUT2D eigenvalue weighted by Crippen LogP contribution is 2.16. The van der Waals surface area contributed by atoms with Crippen molar-refractivity contribution in [3.8, 4) is 5.75 Å². The molecule has 4 heteroatoms. The molecule has 1 atom stereocenters. The molecule has 1 amide bonds. The van der Waals surface area contributed by atoms with Crippen LogP contribution in [0.25, 0.3) is 0 Å². The van der Waals surface area contributed by atoms with Gasteiger partial charge < -0.3 is 15.3 Å². The SMILES string of the molecule is CN(Cc1cccc(O)c1)C(=O)CC1CCNC1. The molecule has 4 nitrogen and oxygen atoms in total. The van der Waals surface area contributed by atoms with E-state index < -0.39 is 0 Å². The summed E-state index contributed by atoms with van der Waals surface area (Å²) in [6, 6.07) is 7.04. The van der Waals surface area contributed by atoms with Crippen LogP contribution in [0.2, 0.25) is 0 Å². The molecule has 0 aliphatic carbocycles. The van der Waals surface area contributed by atoms with Gasteiger partial charge in [-0.1, -0.05) is 12.1 Å². The summed E-state index contributed by atoms with van der Waals surface area (Å²) in [6.45, 7) is 2.52. The van der Waals surface area contributed by atoms with Gasteiger partial charge in [0.25, 0.3) is 0 Å². The van der Waals surface area contributed by atoms with Crippen molar-refractivity contribution in [1.82, 2.24) is 10.2 Å². The number of rotatable bonds is 4. The van der Waals surface area contributed by atoms with Gasteiger partial charge in [-0.15, -0.1) is 0 Å².